The van der Waals surface area contributed by atoms with Crippen molar-refractivity contribution in [3.05, 3.63) is 11.4 Å². The van der Waals surface area contributed by atoms with Gasteiger partial charge in [0.2, 0.25) is 10.0 Å². The van der Waals surface area contributed by atoms with Gasteiger partial charge in [-0.25, -0.2) is 13.1 Å². The summed E-state index contributed by atoms with van der Waals surface area (Å²) in [6.45, 7) is 1.15. The molecule has 0 amide bonds. The maximum absolute atomic E-state index is 12.0. The summed E-state index contributed by atoms with van der Waals surface area (Å²) in [5, 5.41) is 1.41. The minimum absolute atomic E-state index is 0.0935. The van der Waals surface area contributed by atoms with Crippen molar-refractivity contribution in [2.75, 3.05) is 5.73 Å². The number of alkyl halides is 3. The average Bonchev–Trinajstić information content (AvgIpc) is 2.46. The zero-order valence-electron chi connectivity index (χ0n) is 8.78. The van der Waals surface area contributed by atoms with E-state index in [2.05, 4.69) is 0 Å². The Kier molecular flexibility index (Phi) is 4.05. The standard InChI is InChI=1S/C8H11F3N2O2S2/c1-5(3-8(9,10)11)13-17(14,15)7-2-6(12)4-16-7/h2,4-5,13H,3,12H2,1H3. The molecule has 0 spiro atoms. The van der Waals surface area contributed by atoms with Gasteiger partial charge in [-0.3, -0.25) is 0 Å². The summed E-state index contributed by atoms with van der Waals surface area (Å²) in [5.74, 6) is 0. The summed E-state index contributed by atoms with van der Waals surface area (Å²) in [4.78, 5) is 0. The van der Waals surface area contributed by atoms with Crippen LogP contribution in [0.2, 0.25) is 0 Å². The van der Waals surface area contributed by atoms with Crippen LogP contribution in [0.15, 0.2) is 15.7 Å². The summed E-state index contributed by atoms with van der Waals surface area (Å²) in [6.07, 6.45) is -5.62. The molecular formula is C8H11F3N2O2S2. The van der Waals surface area contributed by atoms with Crippen LogP contribution in [0.5, 0.6) is 0 Å². The molecule has 0 aliphatic heterocycles. The van der Waals surface area contributed by atoms with E-state index in [-0.39, 0.29) is 9.90 Å². The SMILES string of the molecule is CC(CC(F)(F)F)NS(=O)(=O)c1cc(N)cs1. The van der Waals surface area contributed by atoms with Crippen LogP contribution in [-0.2, 0) is 10.0 Å². The number of hydrogen-bond donors (Lipinski definition) is 2. The van der Waals surface area contributed by atoms with Crippen molar-refractivity contribution in [1.82, 2.24) is 4.72 Å². The lowest BCUT2D eigenvalue weighted by Gasteiger charge is -2.15. The lowest BCUT2D eigenvalue weighted by atomic mass is 10.2. The zero-order chi connectivity index (χ0) is 13.3. The van der Waals surface area contributed by atoms with Crippen LogP contribution in [0.1, 0.15) is 13.3 Å². The Bertz CT molecular complexity index is 481. The highest BCUT2D eigenvalue weighted by molar-refractivity contribution is 7.91. The van der Waals surface area contributed by atoms with Crippen LogP contribution in [0.3, 0.4) is 0 Å². The molecule has 1 atom stereocenters. The lowest BCUT2D eigenvalue weighted by molar-refractivity contribution is -0.137. The van der Waals surface area contributed by atoms with Crippen molar-refractivity contribution in [3.63, 3.8) is 0 Å². The molecule has 98 valence electrons. The number of nitrogens with two attached hydrogens (primary N) is 1. The van der Waals surface area contributed by atoms with Gasteiger partial charge in [-0.1, -0.05) is 0 Å². The predicted octanol–water partition coefficient (Wildman–Crippen LogP) is 1.95. The average molecular weight is 288 g/mol. The summed E-state index contributed by atoms with van der Waals surface area (Å²) in [5.41, 5.74) is 5.61. The van der Waals surface area contributed by atoms with Crippen LogP contribution in [0.25, 0.3) is 0 Å². The number of rotatable bonds is 4. The van der Waals surface area contributed by atoms with E-state index >= 15 is 0 Å². The van der Waals surface area contributed by atoms with Crippen LogP contribution in [0, 0.1) is 0 Å². The van der Waals surface area contributed by atoms with Crippen molar-refractivity contribution in [1.29, 1.82) is 0 Å². The first-order chi connectivity index (χ1) is 7.60. The lowest BCUT2D eigenvalue weighted by Crippen LogP contribution is -2.35. The van der Waals surface area contributed by atoms with E-state index in [9.17, 15) is 21.6 Å². The van der Waals surface area contributed by atoms with E-state index in [0.29, 0.717) is 0 Å². The summed E-state index contributed by atoms with van der Waals surface area (Å²) >= 11 is 0.860. The predicted molar refractivity (Wildman–Crippen MR) is 59.2 cm³/mol. The molecule has 17 heavy (non-hydrogen) atoms. The quantitative estimate of drug-likeness (QED) is 0.889. The van der Waals surface area contributed by atoms with E-state index in [1.54, 1.807) is 0 Å². The topological polar surface area (TPSA) is 72.2 Å². The molecule has 1 aromatic heterocycles. The van der Waals surface area contributed by atoms with Crippen molar-refractivity contribution in [2.24, 2.45) is 0 Å². The summed E-state index contributed by atoms with van der Waals surface area (Å²) in [7, 11) is -3.92. The Balaban J connectivity index is 2.74. The molecular weight excluding hydrogens is 277 g/mol. The molecule has 0 aromatic carbocycles. The summed E-state index contributed by atoms with van der Waals surface area (Å²) in [6, 6.07) is -0.0174. The van der Waals surface area contributed by atoms with Crippen LogP contribution in [0.4, 0.5) is 18.9 Å². The highest BCUT2D eigenvalue weighted by Crippen LogP contribution is 2.24. The Labute approximate surface area is 101 Å². The van der Waals surface area contributed by atoms with Crippen molar-refractivity contribution >= 4 is 27.0 Å². The Morgan fingerprint density at radius 1 is 1.53 bits per heavy atom. The highest BCUT2D eigenvalue weighted by Gasteiger charge is 2.32. The number of sulfonamides is 1. The largest absolute Gasteiger partial charge is 0.398 e. The molecule has 3 N–H and O–H groups in total. The second kappa shape index (κ2) is 4.83. The van der Waals surface area contributed by atoms with E-state index in [1.165, 1.54) is 11.4 Å². The van der Waals surface area contributed by atoms with Gasteiger partial charge in [-0.15, -0.1) is 11.3 Å². The molecule has 1 rings (SSSR count). The van der Waals surface area contributed by atoms with E-state index in [4.69, 9.17) is 5.73 Å². The van der Waals surface area contributed by atoms with Crippen molar-refractivity contribution in [2.45, 2.75) is 29.8 Å². The number of hydrogen-bond acceptors (Lipinski definition) is 4. The molecule has 0 aliphatic carbocycles. The van der Waals surface area contributed by atoms with Gasteiger partial charge in [0.25, 0.3) is 0 Å². The fourth-order valence-electron chi connectivity index (χ4n) is 1.18. The molecule has 0 radical (unpaired) electrons. The third-order valence-corrected chi connectivity index (χ3v) is 4.80. The molecule has 0 bridgehead atoms. The monoisotopic (exact) mass is 288 g/mol. The van der Waals surface area contributed by atoms with E-state index in [0.717, 1.165) is 18.3 Å². The first-order valence-corrected chi connectivity index (χ1v) is 6.89. The number of nitrogen functional groups attached to an aromatic ring is 1. The van der Waals surface area contributed by atoms with Gasteiger partial charge in [0.1, 0.15) is 4.21 Å². The number of anilines is 1. The fourth-order valence-corrected chi connectivity index (χ4v) is 3.52. The smallest absolute Gasteiger partial charge is 0.390 e. The first-order valence-electron chi connectivity index (χ1n) is 4.53. The van der Waals surface area contributed by atoms with Gasteiger partial charge in [-0.2, -0.15) is 13.2 Å². The van der Waals surface area contributed by atoms with Crippen LogP contribution >= 0.6 is 11.3 Å². The maximum Gasteiger partial charge on any atom is 0.390 e. The number of thiophene rings is 1. The minimum atomic E-state index is -4.41. The third kappa shape index (κ3) is 4.52. The first kappa shape index (κ1) is 14.3. The van der Waals surface area contributed by atoms with Crippen LogP contribution < -0.4 is 10.5 Å². The van der Waals surface area contributed by atoms with Gasteiger partial charge in [0.05, 0.1) is 6.42 Å². The number of nitrogens with one attached hydrogen (secondary N) is 1. The molecule has 1 aromatic rings. The Hall–Kier alpha value is -0.800. The molecule has 0 saturated carbocycles. The zero-order valence-corrected chi connectivity index (χ0v) is 10.4. The molecule has 0 saturated heterocycles. The molecule has 9 heteroatoms. The van der Waals surface area contributed by atoms with Crippen LogP contribution in [-0.4, -0.2) is 20.6 Å². The van der Waals surface area contributed by atoms with E-state index in [1.807, 2.05) is 4.72 Å². The van der Waals surface area contributed by atoms with Gasteiger partial charge in [-0.05, 0) is 13.0 Å². The molecule has 4 nitrogen and oxygen atoms in total. The second-order valence-corrected chi connectivity index (χ2v) is 6.39. The molecule has 0 fully saturated rings. The third-order valence-electron chi connectivity index (χ3n) is 1.75. The van der Waals surface area contributed by atoms with E-state index < -0.39 is 28.7 Å². The van der Waals surface area contributed by atoms with Crippen molar-refractivity contribution < 1.29 is 21.6 Å². The number of halogens is 3. The molecule has 1 heterocycles. The van der Waals surface area contributed by atoms with Gasteiger partial charge in [0.15, 0.2) is 0 Å². The normalized spacial score (nSPS) is 14.8. The van der Waals surface area contributed by atoms with Crippen molar-refractivity contribution in [3.8, 4) is 0 Å². The molecule has 0 aliphatic rings. The highest BCUT2D eigenvalue weighted by atomic mass is 32.2. The molecule has 1 unspecified atom stereocenters. The van der Waals surface area contributed by atoms with Gasteiger partial charge >= 0.3 is 6.18 Å². The van der Waals surface area contributed by atoms with Gasteiger partial charge < -0.3 is 5.73 Å². The Morgan fingerprint density at radius 2 is 2.12 bits per heavy atom. The maximum atomic E-state index is 12.0. The fraction of sp³-hybridized carbons (Fsp3) is 0.500. The van der Waals surface area contributed by atoms with Gasteiger partial charge in [0, 0.05) is 17.1 Å². The summed E-state index contributed by atoms with van der Waals surface area (Å²) < 4.78 is 61.2. The minimum Gasteiger partial charge on any atom is -0.398 e. The Morgan fingerprint density at radius 3 is 2.53 bits per heavy atom. The second-order valence-electron chi connectivity index (χ2n) is 3.54.